The molecule has 0 fully saturated rings. The number of nitrogens with zero attached hydrogens (tertiary/aromatic N) is 1. The number of primary amides is 1. The summed E-state index contributed by atoms with van der Waals surface area (Å²) in [6.45, 7) is 3.77. The van der Waals surface area contributed by atoms with E-state index in [0.29, 0.717) is 5.06 Å². The molecule has 3 N–H and O–H groups in total. The van der Waals surface area contributed by atoms with Crippen molar-refractivity contribution in [3.63, 3.8) is 0 Å². The van der Waals surface area contributed by atoms with Crippen LogP contribution in [0.5, 0.6) is 5.75 Å². The number of urea groups is 1. The van der Waals surface area contributed by atoms with Gasteiger partial charge in [-0.15, -0.1) is 0 Å². The number of amides is 2. The van der Waals surface area contributed by atoms with Crippen molar-refractivity contribution in [3.05, 3.63) is 65.7 Å². The van der Waals surface area contributed by atoms with E-state index < -0.39 is 12.1 Å². The summed E-state index contributed by atoms with van der Waals surface area (Å²) in [5, 5.41) is 10.1. The van der Waals surface area contributed by atoms with Crippen LogP contribution in [0, 0.1) is 0 Å². The van der Waals surface area contributed by atoms with Gasteiger partial charge in [-0.3, -0.25) is 5.21 Å². The number of rotatable bonds is 6. The van der Waals surface area contributed by atoms with Crippen LogP contribution in [-0.4, -0.2) is 16.3 Å². The summed E-state index contributed by atoms with van der Waals surface area (Å²) in [6, 6.07) is 15.9. The van der Waals surface area contributed by atoms with Gasteiger partial charge in [-0.05, 0) is 36.6 Å². The number of hydrogen-bond donors (Lipinski definition) is 2. The van der Waals surface area contributed by atoms with E-state index in [-0.39, 0.29) is 6.10 Å². The van der Waals surface area contributed by atoms with Crippen LogP contribution in [0.3, 0.4) is 0 Å². The average molecular weight is 314 g/mol. The quantitative estimate of drug-likeness (QED) is 0.624. The van der Waals surface area contributed by atoms with Gasteiger partial charge in [0.2, 0.25) is 0 Å². The van der Waals surface area contributed by atoms with Crippen LogP contribution in [0.15, 0.2) is 54.6 Å². The monoisotopic (exact) mass is 314 g/mol. The first-order valence-electron chi connectivity index (χ1n) is 7.62. The molecule has 5 nitrogen and oxygen atoms in total. The zero-order chi connectivity index (χ0) is 16.8. The van der Waals surface area contributed by atoms with E-state index in [1.807, 2.05) is 54.6 Å². The number of hydroxylamine groups is 2. The van der Waals surface area contributed by atoms with Crippen LogP contribution in [0.2, 0.25) is 0 Å². The normalized spacial score (nSPS) is 13.2. The van der Waals surface area contributed by atoms with Crippen molar-refractivity contribution in [1.29, 1.82) is 0 Å². The van der Waals surface area contributed by atoms with Gasteiger partial charge in [-0.1, -0.05) is 49.4 Å². The summed E-state index contributed by atoms with van der Waals surface area (Å²) in [6.07, 6.45) is 0.841. The minimum atomic E-state index is -0.882. The molecule has 0 spiro atoms. The molecule has 0 aliphatic heterocycles. The summed E-state index contributed by atoms with van der Waals surface area (Å²) < 4.78 is 6.02. The van der Waals surface area contributed by atoms with E-state index in [1.165, 1.54) is 0 Å². The highest BCUT2D eigenvalue weighted by Gasteiger charge is 2.17. The van der Waals surface area contributed by atoms with Gasteiger partial charge in [-0.2, -0.15) is 5.06 Å². The topological polar surface area (TPSA) is 75.8 Å². The molecule has 0 bridgehead atoms. The molecule has 0 aliphatic carbocycles. The molecule has 2 aromatic rings. The molecule has 122 valence electrons. The SMILES string of the molecule is CCC(Oc1ccc(C(C)N(O)C(N)=O)cc1)c1ccccc1. The minimum absolute atomic E-state index is 0.0144. The fourth-order valence-corrected chi connectivity index (χ4v) is 2.38. The van der Waals surface area contributed by atoms with Gasteiger partial charge in [0, 0.05) is 0 Å². The number of carbonyl (C=O) groups excluding carboxylic acids is 1. The van der Waals surface area contributed by atoms with E-state index in [4.69, 9.17) is 10.5 Å². The molecule has 0 aromatic heterocycles. The second-order valence-electron chi connectivity index (χ2n) is 5.35. The zero-order valence-electron chi connectivity index (χ0n) is 13.3. The molecule has 0 aliphatic rings. The summed E-state index contributed by atoms with van der Waals surface area (Å²) >= 11 is 0. The first-order chi connectivity index (χ1) is 11.0. The fourth-order valence-electron chi connectivity index (χ4n) is 2.38. The molecule has 2 rings (SSSR count). The van der Waals surface area contributed by atoms with E-state index in [0.717, 1.165) is 23.3 Å². The van der Waals surface area contributed by atoms with Crippen LogP contribution < -0.4 is 10.5 Å². The van der Waals surface area contributed by atoms with Crippen molar-refractivity contribution in [1.82, 2.24) is 5.06 Å². The first-order valence-corrected chi connectivity index (χ1v) is 7.62. The average Bonchev–Trinajstić information content (AvgIpc) is 2.59. The highest BCUT2D eigenvalue weighted by molar-refractivity contribution is 5.71. The van der Waals surface area contributed by atoms with Crippen LogP contribution in [-0.2, 0) is 0 Å². The molecule has 2 atom stereocenters. The van der Waals surface area contributed by atoms with Gasteiger partial charge in [-0.25, -0.2) is 4.79 Å². The van der Waals surface area contributed by atoms with Crippen molar-refractivity contribution in [2.75, 3.05) is 0 Å². The highest BCUT2D eigenvalue weighted by Crippen LogP contribution is 2.26. The first kappa shape index (κ1) is 16.8. The molecule has 0 radical (unpaired) electrons. The number of carbonyl (C=O) groups is 1. The summed E-state index contributed by atoms with van der Waals surface area (Å²) in [4.78, 5) is 11.0. The Bertz CT molecular complexity index is 628. The standard InChI is InChI=1S/C18H22N2O3/c1-3-17(15-7-5-4-6-8-15)23-16-11-9-14(10-12-16)13(2)20(22)18(19)21/h4-13,17,22H,3H2,1-2H3,(H2,19,21). The summed E-state index contributed by atoms with van der Waals surface area (Å²) in [5.41, 5.74) is 6.96. The molecule has 2 amide bonds. The lowest BCUT2D eigenvalue weighted by molar-refractivity contribution is -0.0710. The fraction of sp³-hybridized carbons (Fsp3) is 0.278. The molecular formula is C18H22N2O3. The Morgan fingerprint density at radius 2 is 1.74 bits per heavy atom. The van der Waals surface area contributed by atoms with Gasteiger partial charge in [0.05, 0.1) is 6.04 Å². The largest absolute Gasteiger partial charge is 0.486 e. The van der Waals surface area contributed by atoms with Crippen molar-refractivity contribution in [2.45, 2.75) is 32.4 Å². The third kappa shape index (κ3) is 4.23. The maximum Gasteiger partial charge on any atom is 0.339 e. The van der Waals surface area contributed by atoms with E-state index >= 15 is 0 Å². The van der Waals surface area contributed by atoms with Gasteiger partial charge >= 0.3 is 6.03 Å². The van der Waals surface area contributed by atoms with Gasteiger partial charge in [0.25, 0.3) is 0 Å². The highest BCUT2D eigenvalue weighted by atomic mass is 16.5. The lowest BCUT2D eigenvalue weighted by Crippen LogP contribution is -2.34. The number of nitrogens with two attached hydrogens (primary N) is 1. The number of hydrogen-bond acceptors (Lipinski definition) is 3. The maximum atomic E-state index is 11.0. The Kier molecular flexibility index (Phi) is 5.60. The lowest BCUT2D eigenvalue weighted by atomic mass is 10.1. The molecular weight excluding hydrogens is 292 g/mol. The predicted molar refractivity (Wildman–Crippen MR) is 88.2 cm³/mol. The Labute approximate surface area is 136 Å². The second kappa shape index (κ2) is 7.65. The third-order valence-corrected chi connectivity index (χ3v) is 3.78. The van der Waals surface area contributed by atoms with E-state index in [9.17, 15) is 10.0 Å². The van der Waals surface area contributed by atoms with Crippen molar-refractivity contribution >= 4 is 6.03 Å². The molecule has 0 heterocycles. The second-order valence-corrected chi connectivity index (χ2v) is 5.35. The van der Waals surface area contributed by atoms with Crippen molar-refractivity contribution in [2.24, 2.45) is 5.73 Å². The zero-order valence-corrected chi connectivity index (χ0v) is 13.3. The van der Waals surface area contributed by atoms with Gasteiger partial charge < -0.3 is 10.5 Å². The van der Waals surface area contributed by atoms with Crippen LogP contribution in [0.25, 0.3) is 0 Å². The summed E-state index contributed by atoms with van der Waals surface area (Å²) in [5.74, 6) is 0.736. The van der Waals surface area contributed by atoms with Crippen molar-refractivity contribution in [3.8, 4) is 5.75 Å². The Hall–Kier alpha value is -2.53. The maximum absolute atomic E-state index is 11.0. The van der Waals surface area contributed by atoms with Crippen LogP contribution in [0.4, 0.5) is 4.79 Å². The van der Waals surface area contributed by atoms with Crippen LogP contribution >= 0.6 is 0 Å². The summed E-state index contributed by atoms with van der Waals surface area (Å²) in [7, 11) is 0. The lowest BCUT2D eigenvalue weighted by Gasteiger charge is -2.22. The van der Waals surface area contributed by atoms with E-state index in [2.05, 4.69) is 6.92 Å². The molecule has 0 saturated carbocycles. The Morgan fingerprint density at radius 3 is 2.26 bits per heavy atom. The van der Waals surface area contributed by atoms with Gasteiger partial charge in [0.1, 0.15) is 11.9 Å². The predicted octanol–water partition coefficient (Wildman–Crippen LogP) is 4.05. The Balaban J connectivity index is 2.09. The van der Waals surface area contributed by atoms with Crippen molar-refractivity contribution < 1.29 is 14.7 Å². The molecule has 23 heavy (non-hydrogen) atoms. The molecule has 2 unspecified atom stereocenters. The molecule has 0 saturated heterocycles. The molecule has 2 aromatic carbocycles. The Morgan fingerprint density at radius 1 is 1.13 bits per heavy atom. The van der Waals surface area contributed by atoms with E-state index in [1.54, 1.807) is 6.92 Å². The number of ether oxygens (including phenoxy) is 1. The molecule has 5 heteroatoms. The van der Waals surface area contributed by atoms with Gasteiger partial charge in [0.15, 0.2) is 0 Å². The number of benzene rings is 2. The third-order valence-electron chi connectivity index (χ3n) is 3.78. The minimum Gasteiger partial charge on any atom is -0.486 e. The smallest absolute Gasteiger partial charge is 0.339 e. The van der Waals surface area contributed by atoms with Crippen LogP contribution in [0.1, 0.15) is 43.5 Å².